The minimum Gasteiger partial charge on any atom is -0.398 e. The van der Waals surface area contributed by atoms with Crippen LogP contribution in [0.1, 0.15) is 19.4 Å². The van der Waals surface area contributed by atoms with E-state index in [-0.39, 0.29) is 17.3 Å². The van der Waals surface area contributed by atoms with Gasteiger partial charge in [0.05, 0.1) is 11.4 Å². The maximum Gasteiger partial charge on any atom is 0.241 e. The summed E-state index contributed by atoms with van der Waals surface area (Å²) in [5.74, 6) is -0.0610. The van der Waals surface area contributed by atoms with Gasteiger partial charge in [0.1, 0.15) is 0 Å². The van der Waals surface area contributed by atoms with Gasteiger partial charge in [-0.25, -0.2) is 13.1 Å². The van der Waals surface area contributed by atoms with Gasteiger partial charge in [-0.3, -0.25) is 4.79 Å². The van der Waals surface area contributed by atoms with E-state index in [2.05, 4.69) is 26.0 Å². The van der Waals surface area contributed by atoms with E-state index in [1.54, 1.807) is 13.0 Å². The molecule has 6 nitrogen and oxygen atoms in total. The summed E-state index contributed by atoms with van der Waals surface area (Å²) in [7, 11) is -3.78. The van der Waals surface area contributed by atoms with Gasteiger partial charge >= 0.3 is 0 Å². The van der Waals surface area contributed by atoms with Crippen LogP contribution in [0, 0.1) is 12.8 Å². The van der Waals surface area contributed by atoms with Crippen LogP contribution in [0.2, 0.25) is 0 Å². The maximum atomic E-state index is 12.2. The molecule has 0 unspecified atom stereocenters. The number of carbonyl (C=O) groups excluding carboxylic acids is 1. The van der Waals surface area contributed by atoms with E-state index in [9.17, 15) is 13.2 Å². The molecule has 0 fully saturated rings. The summed E-state index contributed by atoms with van der Waals surface area (Å²) >= 11 is 3.24. The van der Waals surface area contributed by atoms with Gasteiger partial charge in [-0.05, 0) is 46.5 Å². The quantitative estimate of drug-likeness (QED) is 0.651. The molecular weight excluding hydrogens is 358 g/mol. The Labute approximate surface area is 133 Å². The summed E-state index contributed by atoms with van der Waals surface area (Å²) in [5.41, 5.74) is 6.58. The molecule has 4 N–H and O–H groups in total. The fourth-order valence-corrected chi connectivity index (χ4v) is 3.28. The standard InChI is InChI=1S/C13H20BrN3O3S/c1-8(2)6-16-13(18)7-17-21(19,20)12-5-11(15)10(14)4-9(12)3/h4-5,8,17H,6-7,15H2,1-3H3,(H,16,18). The van der Waals surface area contributed by atoms with Gasteiger partial charge in [0, 0.05) is 16.7 Å². The van der Waals surface area contributed by atoms with E-state index >= 15 is 0 Å². The van der Waals surface area contributed by atoms with Crippen LogP contribution in [0.4, 0.5) is 5.69 Å². The molecule has 0 heterocycles. The number of carbonyl (C=O) groups is 1. The molecule has 0 spiro atoms. The number of nitrogen functional groups attached to an aromatic ring is 1. The van der Waals surface area contributed by atoms with E-state index in [0.29, 0.717) is 28.2 Å². The number of nitrogens with two attached hydrogens (primary N) is 1. The number of anilines is 1. The van der Waals surface area contributed by atoms with Crippen molar-refractivity contribution in [2.45, 2.75) is 25.7 Å². The molecule has 0 atom stereocenters. The van der Waals surface area contributed by atoms with E-state index in [1.807, 2.05) is 13.8 Å². The third-order valence-corrected chi connectivity index (χ3v) is 4.94. The summed E-state index contributed by atoms with van der Waals surface area (Å²) in [6.07, 6.45) is 0. The average Bonchev–Trinajstić information content (AvgIpc) is 2.38. The second-order valence-electron chi connectivity index (χ2n) is 5.16. The number of hydrogen-bond acceptors (Lipinski definition) is 4. The Morgan fingerprint density at radius 3 is 2.57 bits per heavy atom. The molecule has 1 aromatic carbocycles. The van der Waals surface area contributed by atoms with Crippen LogP contribution >= 0.6 is 15.9 Å². The van der Waals surface area contributed by atoms with Crippen LogP contribution < -0.4 is 15.8 Å². The van der Waals surface area contributed by atoms with Gasteiger partial charge in [0.2, 0.25) is 15.9 Å². The summed E-state index contributed by atoms with van der Waals surface area (Å²) in [6, 6.07) is 3.00. The zero-order valence-electron chi connectivity index (χ0n) is 12.2. The van der Waals surface area contributed by atoms with E-state index in [0.717, 1.165) is 0 Å². The predicted molar refractivity (Wildman–Crippen MR) is 86.3 cm³/mol. The van der Waals surface area contributed by atoms with Crippen molar-refractivity contribution in [1.29, 1.82) is 0 Å². The number of sulfonamides is 1. The Morgan fingerprint density at radius 2 is 2.00 bits per heavy atom. The van der Waals surface area contributed by atoms with Crippen molar-refractivity contribution in [2.24, 2.45) is 5.92 Å². The summed E-state index contributed by atoms with van der Waals surface area (Å²) in [6.45, 7) is 5.78. The lowest BCUT2D eigenvalue weighted by atomic mass is 10.2. The first-order valence-corrected chi connectivity index (χ1v) is 8.73. The van der Waals surface area contributed by atoms with E-state index in [1.165, 1.54) is 6.07 Å². The Bertz CT molecular complexity index is 630. The fourth-order valence-electron chi connectivity index (χ4n) is 1.58. The predicted octanol–water partition coefficient (Wildman–Crippen LogP) is 1.39. The monoisotopic (exact) mass is 377 g/mol. The van der Waals surface area contributed by atoms with Gasteiger partial charge in [-0.1, -0.05) is 13.8 Å². The smallest absolute Gasteiger partial charge is 0.241 e. The van der Waals surface area contributed by atoms with Gasteiger partial charge < -0.3 is 11.1 Å². The molecule has 0 saturated carbocycles. The second kappa shape index (κ2) is 7.24. The molecule has 8 heteroatoms. The van der Waals surface area contributed by atoms with Crippen molar-refractivity contribution in [3.8, 4) is 0 Å². The molecule has 0 aliphatic rings. The highest BCUT2D eigenvalue weighted by molar-refractivity contribution is 9.10. The van der Waals surface area contributed by atoms with E-state index < -0.39 is 10.0 Å². The maximum absolute atomic E-state index is 12.2. The minimum atomic E-state index is -3.78. The second-order valence-corrected chi connectivity index (χ2v) is 7.75. The van der Waals surface area contributed by atoms with Crippen molar-refractivity contribution in [3.05, 3.63) is 22.2 Å². The molecule has 0 aromatic heterocycles. The zero-order valence-corrected chi connectivity index (χ0v) is 14.6. The lowest BCUT2D eigenvalue weighted by Gasteiger charge is -2.12. The number of nitrogens with one attached hydrogen (secondary N) is 2. The van der Waals surface area contributed by atoms with Gasteiger partial charge in [0.25, 0.3) is 0 Å². The first kappa shape index (κ1) is 17.9. The molecule has 0 radical (unpaired) electrons. The molecule has 118 valence electrons. The molecule has 1 amide bonds. The Balaban J connectivity index is 2.79. The summed E-state index contributed by atoms with van der Waals surface area (Å²) < 4.78 is 27.3. The molecule has 0 aliphatic carbocycles. The fraction of sp³-hybridized carbons (Fsp3) is 0.462. The number of rotatable bonds is 6. The normalized spacial score (nSPS) is 11.7. The number of aryl methyl sites for hydroxylation is 1. The first-order chi connectivity index (χ1) is 9.63. The summed E-state index contributed by atoms with van der Waals surface area (Å²) in [5, 5.41) is 2.64. The van der Waals surface area contributed by atoms with Crippen molar-refractivity contribution >= 4 is 37.5 Å². The van der Waals surface area contributed by atoms with Crippen molar-refractivity contribution < 1.29 is 13.2 Å². The molecule has 21 heavy (non-hydrogen) atoms. The Kier molecular flexibility index (Phi) is 6.18. The highest BCUT2D eigenvalue weighted by atomic mass is 79.9. The number of amides is 1. The third kappa shape index (κ3) is 5.29. The number of benzene rings is 1. The van der Waals surface area contributed by atoms with Crippen LogP contribution in [-0.4, -0.2) is 27.4 Å². The SMILES string of the molecule is Cc1cc(Br)c(N)cc1S(=O)(=O)NCC(=O)NCC(C)C. The van der Waals surface area contributed by atoms with Crippen LogP contribution in [0.3, 0.4) is 0 Å². The largest absolute Gasteiger partial charge is 0.398 e. The third-order valence-electron chi connectivity index (χ3n) is 2.71. The molecule has 1 aromatic rings. The van der Waals surface area contributed by atoms with Crippen molar-refractivity contribution in [1.82, 2.24) is 10.0 Å². The van der Waals surface area contributed by atoms with Crippen LogP contribution in [0.15, 0.2) is 21.5 Å². The molecule has 1 rings (SSSR count). The topological polar surface area (TPSA) is 101 Å². The highest BCUT2D eigenvalue weighted by Gasteiger charge is 2.19. The highest BCUT2D eigenvalue weighted by Crippen LogP contribution is 2.26. The average molecular weight is 378 g/mol. The lowest BCUT2D eigenvalue weighted by molar-refractivity contribution is -0.120. The van der Waals surface area contributed by atoms with Crippen LogP contribution in [-0.2, 0) is 14.8 Å². The molecule has 0 saturated heterocycles. The molecule has 0 aliphatic heterocycles. The van der Waals surface area contributed by atoms with Gasteiger partial charge in [-0.2, -0.15) is 0 Å². The van der Waals surface area contributed by atoms with Gasteiger partial charge in [0.15, 0.2) is 0 Å². The minimum absolute atomic E-state index is 0.0693. The van der Waals surface area contributed by atoms with E-state index in [4.69, 9.17) is 5.73 Å². The summed E-state index contributed by atoms with van der Waals surface area (Å²) in [4.78, 5) is 11.6. The van der Waals surface area contributed by atoms with Crippen LogP contribution in [0.5, 0.6) is 0 Å². The number of halogens is 1. The Hall–Kier alpha value is -1.12. The Morgan fingerprint density at radius 1 is 1.38 bits per heavy atom. The number of hydrogen-bond donors (Lipinski definition) is 3. The molecule has 0 bridgehead atoms. The lowest BCUT2D eigenvalue weighted by Crippen LogP contribution is -2.38. The van der Waals surface area contributed by atoms with Crippen molar-refractivity contribution in [2.75, 3.05) is 18.8 Å². The van der Waals surface area contributed by atoms with Crippen molar-refractivity contribution in [3.63, 3.8) is 0 Å². The zero-order chi connectivity index (χ0) is 16.2. The molecular formula is C13H20BrN3O3S. The first-order valence-electron chi connectivity index (χ1n) is 6.45. The van der Waals surface area contributed by atoms with Gasteiger partial charge in [-0.15, -0.1) is 0 Å². The van der Waals surface area contributed by atoms with Crippen LogP contribution in [0.25, 0.3) is 0 Å².